The molecular formula is C14H19N5O2. The van der Waals surface area contributed by atoms with E-state index >= 15 is 0 Å². The average molecular weight is 289 g/mol. The van der Waals surface area contributed by atoms with Crippen molar-refractivity contribution in [1.29, 1.82) is 0 Å². The minimum Gasteiger partial charge on any atom is -0.342 e. The van der Waals surface area contributed by atoms with Gasteiger partial charge in [-0.3, -0.25) is 4.79 Å². The van der Waals surface area contributed by atoms with Gasteiger partial charge in [0.1, 0.15) is 11.4 Å². The number of rotatable bonds is 4. The predicted octanol–water partition coefficient (Wildman–Crippen LogP) is 1.06. The molecule has 0 aliphatic carbocycles. The van der Waals surface area contributed by atoms with Crippen LogP contribution in [0.25, 0.3) is 0 Å². The number of aryl methyl sites for hydroxylation is 1. The number of aromatic nitrogens is 4. The molecule has 0 unspecified atom stereocenters. The molecule has 0 spiro atoms. The van der Waals surface area contributed by atoms with Crippen molar-refractivity contribution in [2.45, 2.75) is 32.7 Å². The summed E-state index contributed by atoms with van der Waals surface area (Å²) in [6, 6.07) is 0. The molecule has 3 heterocycles. The molecule has 1 aliphatic heterocycles. The maximum atomic E-state index is 12.4. The van der Waals surface area contributed by atoms with Crippen molar-refractivity contribution in [3.8, 4) is 0 Å². The van der Waals surface area contributed by atoms with Crippen LogP contribution in [0, 0.1) is 12.8 Å². The van der Waals surface area contributed by atoms with Crippen LogP contribution in [0.15, 0.2) is 23.4 Å². The third kappa shape index (κ3) is 3.29. The summed E-state index contributed by atoms with van der Waals surface area (Å²) in [7, 11) is 0. The van der Waals surface area contributed by atoms with Crippen molar-refractivity contribution in [3.63, 3.8) is 0 Å². The van der Waals surface area contributed by atoms with E-state index in [0.717, 1.165) is 32.5 Å². The van der Waals surface area contributed by atoms with E-state index in [1.54, 1.807) is 13.1 Å². The van der Waals surface area contributed by atoms with E-state index in [0.29, 0.717) is 17.3 Å². The summed E-state index contributed by atoms with van der Waals surface area (Å²) in [5, 5.41) is 7.50. The molecule has 1 aliphatic rings. The van der Waals surface area contributed by atoms with Gasteiger partial charge >= 0.3 is 0 Å². The fourth-order valence-electron chi connectivity index (χ4n) is 2.80. The monoisotopic (exact) mass is 289 g/mol. The van der Waals surface area contributed by atoms with Crippen molar-refractivity contribution in [3.05, 3.63) is 30.1 Å². The summed E-state index contributed by atoms with van der Waals surface area (Å²) in [6.45, 7) is 4.33. The second-order valence-electron chi connectivity index (χ2n) is 5.58. The molecule has 21 heavy (non-hydrogen) atoms. The van der Waals surface area contributed by atoms with Gasteiger partial charge in [0.2, 0.25) is 5.91 Å². The minimum absolute atomic E-state index is 0.101. The highest BCUT2D eigenvalue weighted by Crippen LogP contribution is 2.19. The minimum atomic E-state index is 0.101. The van der Waals surface area contributed by atoms with Gasteiger partial charge in [0.05, 0.1) is 12.7 Å². The standard InChI is InChI=1S/C14H19N5O2/c1-11-13(17-21-16-11)7-14(20)19-5-2-3-12(9-19)8-18-6-4-15-10-18/h4,6,10,12H,2-3,5,7-9H2,1H3/t12-/m1/s1. The van der Waals surface area contributed by atoms with Crippen molar-refractivity contribution in [1.82, 2.24) is 24.8 Å². The summed E-state index contributed by atoms with van der Waals surface area (Å²) in [5.74, 6) is 0.581. The van der Waals surface area contributed by atoms with E-state index in [9.17, 15) is 4.79 Å². The molecule has 0 N–H and O–H groups in total. The lowest BCUT2D eigenvalue weighted by molar-refractivity contribution is -0.132. The Bertz CT molecular complexity index is 592. The Kier molecular flexibility index (Phi) is 3.98. The van der Waals surface area contributed by atoms with Gasteiger partial charge in [-0.25, -0.2) is 9.61 Å². The Hall–Kier alpha value is -2.18. The van der Waals surface area contributed by atoms with Crippen LogP contribution < -0.4 is 0 Å². The Morgan fingerprint density at radius 1 is 1.48 bits per heavy atom. The van der Waals surface area contributed by atoms with Crippen LogP contribution in [0.1, 0.15) is 24.2 Å². The van der Waals surface area contributed by atoms with Gasteiger partial charge < -0.3 is 9.47 Å². The van der Waals surface area contributed by atoms with Crippen molar-refractivity contribution >= 4 is 5.91 Å². The van der Waals surface area contributed by atoms with Crippen molar-refractivity contribution in [2.75, 3.05) is 13.1 Å². The van der Waals surface area contributed by atoms with Crippen molar-refractivity contribution in [2.24, 2.45) is 5.92 Å². The number of hydrogen-bond acceptors (Lipinski definition) is 5. The molecular weight excluding hydrogens is 270 g/mol. The van der Waals surface area contributed by atoms with Crippen LogP contribution >= 0.6 is 0 Å². The van der Waals surface area contributed by atoms with Crippen LogP contribution in [-0.2, 0) is 17.8 Å². The summed E-state index contributed by atoms with van der Waals surface area (Å²) in [6.07, 6.45) is 8.03. The molecule has 1 atom stereocenters. The molecule has 1 fully saturated rings. The maximum absolute atomic E-state index is 12.4. The normalized spacial score (nSPS) is 18.9. The molecule has 3 rings (SSSR count). The Labute approximate surface area is 122 Å². The average Bonchev–Trinajstić information content (AvgIpc) is 3.12. The third-order valence-corrected chi connectivity index (χ3v) is 3.96. The number of piperidine rings is 1. The first-order chi connectivity index (χ1) is 10.2. The van der Waals surface area contributed by atoms with Gasteiger partial charge in [-0.1, -0.05) is 10.3 Å². The highest BCUT2D eigenvalue weighted by atomic mass is 16.6. The van der Waals surface area contributed by atoms with Crippen LogP contribution in [0.2, 0.25) is 0 Å². The predicted molar refractivity (Wildman–Crippen MR) is 74.3 cm³/mol. The lowest BCUT2D eigenvalue weighted by atomic mass is 9.97. The molecule has 0 radical (unpaired) electrons. The zero-order valence-electron chi connectivity index (χ0n) is 12.1. The molecule has 2 aromatic rings. The first-order valence-corrected chi connectivity index (χ1v) is 7.24. The van der Waals surface area contributed by atoms with Crippen LogP contribution in [0.3, 0.4) is 0 Å². The number of carbonyl (C=O) groups is 1. The molecule has 0 aromatic carbocycles. The molecule has 7 nitrogen and oxygen atoms in total. The lowest BCUT2D eigenvalue weighted by Gasteiger charge is -2.32. The lowest BCUT2D eigenvalue weighted by Crippen LogP contribution is -2.41. The summed E-state index contributed by atoms with van der Waals surface area (Å²) < 4.78 is 6.72. The molecule has 2 aromatic heterocycles. The van der Waals surface area contributed by atoms with E-state index < -0.39 is 0 Å². The van der Waals surface area contributed by atoms with E-state index in [-0.39, 0.29) is 12.3 Å². The van der Waals surface area contributed by atoms with E-state index in [1.807, 2.05) is 17.4 Å². The fourth-order valence-corrected chi connectivity index (χ4v) is 2.80. The highest BCUT2D eigenvalue weighted by Gasteiger charge is 2.25. The zero-order valence-corrected chi connectivity index (χ0v) is 12.1. The zero-order chi connectivity index (χ0) is 14.7. The summed E-state index contributed by atoms with van der Waals surface area (Å²) >= 11 is 0. The maximum Gasteiger partial charge on any atom is 0.228 e. The smallest absolute Gasteiger partial charge is 0.228 e. The van der Waals surface area contributed by atoms with Gasteiger partial charge in [-0.05, 0) is 25.7 Å². The number of nitrogens with zero attached hydrogens (tertiary/aromatic N) is 5. The Morgan fingerprint density at radius 2 is 2.38 bits per heavy atom. The quantitative estimate of drug-likeness (QED) is 0.841. The number of amides is 1. The largest absolute Gasteiger partial charge is 0.342 e. The number of likely N-dealkylation sites (tertiary alicyclic amines) is 1. The Morgan fingerprint density at radius 3 is 3.10 bits per heavy atom. The SMILES string of the molecule is Cc1nonc1CC(=O)N1CCC[C@H](Cn2ccnc2)C1. The first-order valence-electron chi connectivity index (χ1n) is 7.24. The first kappa shape index (κ1) is 13.8. The number of imidazole rings is 1. The van der Waals surface area contributed by atoms with Crippen molar-refractivity contribution < 1.29 is 9.42 Å². The van der Waals surface area contributed by atoms with E-state index in [4.69, 9.17) is 0 Å². The summed E-state index contributed by atoms with van der Waals surface area (Å²) in [5.41, 5.74) is 1.33. The van der Waals surface area contributed by atoms with Crippen LogP contribution in [0.4, 0.5) is 0 Å². The van der Waals surface area contributed by atoms with Gasteiger partial charge in [0.25, 0.3) is 0 Å². The third-order valence-electron chi connectivity index (χ3n) is 3.96. The fraction of sp³-hybridized carbons (Fsp3) is 0.571. The van der Waals surface area contributed by atoms with Crippen LogP contribution in [0.5, 0.6) is 0 Å². The molecule has 7 heteroatoms. The molecule has 0 saturated carbocycles. The van der Waals surface area contributed by atoms with Gasteiger partial charge in [-0.2, -0.15) is 0 Å². The van der Waals surface area contributed by atoms with Gasteiger partial charge in [0, 0.05) is 32.0 Å². The van der Waals surface area contributed by atoms with E-state index in [2.05, 4.69) is 24.5 Å². The Balaban J connectivity index is 1.57. The molecule has 112 valence electrons. The number of hydrogen-bond donors (Lipinski definition) is 0. The van der Waals surface area contributed by atoms with Gasteiger partial charge in [0.15, 0.2) is 0 Å². The second kappa shape index (κ2) is 6.07. The van der Waals surface area contributed by atoms with E-state index in [1.165, 1.54) is 0 Å². The van der Waals surface area contributed by atoms with Crippen LogP contribution in [-0.4, -0.2) is 43.8 Å². The number of carbonyl (C=O) groups excluding carboxylic acids is 1. The molecule has 1 amide bonds. The molecule has 1 saturated heterocycles. The van der Waals surface area contributed by atoms with Gasteiger partial charge in [-0.15, -0.1) is 0 Å². The topological polar surface area (TPSA) is 77.0 Å². The highest BCUT2D eigenvalue weighted by molar-refractivity contribution is 5.78. The summed E-state index contributed by atoms with van der Waals surface area (Å²) in [4.78, 5) is 18.4. The second-order valence-corrected chi connectivity index (χ2v) is 5.58. The molecule has 0 bridgehead atoms.